The SMILES string of the molecule is CCOC(=O)c1ccc(N=Nc2nccs2)cc1. The van der Waals surface area contributed by atoms with Crippen molar-refractivity contribution < 1.29 is 9.53 Å². The summed E-state index contributed by atoms with van der Waals surface area (Å²) >= 11 is 1.41. The molecule has 0 N–H and O–H groups in total. The minimum atomic E-state index is -0.332. The molecule has 0 fully saturated rings. The monoisotopic (exact) mass is 261 g/mol. The minimum Gasteiger partial charge on any atom is -0.462 e. The molecule has 0 amide bonds. The van der Waals surface area contributed by atoms with Crippen LogP contribution in [0.2, 0.25) is 0 Å². The van der Waals surface area contributed by atoms with Gasteiger partial charge in [-0.2, -0.15) is 0 Å². The van der Waals surface area contributed by atoms with Crippen LogP contribution in [-0.2, 0) is 4.74 Å². The fourth-order valence-corrected chi connectivity index (χ4v) is 1.70. The molecule has 0 unspecified atom stereocenters. The number of ether oxygens (including phenoxy) is 1. The summed E-state index contributed by atoms with van der Waals surface area (Å²) in [7, 11) is 0. The number of carbonyl (C=O) groups is 1. The second-order valence-corrected chi connectivity index (χ2v) is 4.16. The van der Waals surface area contributed by atoms with Crippen molar-refractivity contribution in [2.45, 2.75) is 6.92 Å². The van der Waals surface area contributed by atoms with Gasteiger partial charge in [0.05, 0.1) is 17.9 Å². The largest absolute Gasteiger partial charge is 0.462 e. The van der Waals surface area contributed by atoms with Gasteiger partial charge in [-0.25, -0.2) is 9.78 Å². The van der Waals surface area contributed by atoms with Crippen molar-refractivity contribution in [2.24, 2.45) is 10.2 Å². The molecule has 0 aliphatic rings. The quantitative estimate of drug-likeness (QED) is 0.622. The van der Waals surface area contributed by atoms with Gasteiger partial charge in [-0.05, 0) is 31.2 Å². The van der Waals surface area contributed by atoms with Crippen molar-refractivity contribution in [1.29, 1.82) is 0 Å². The van der Waals surface area contributed by atoms with Crippen molar-refractivity contribution in [3.05, 3.63) is 41.4 Å². The van der Waals surface area contributed by atoms with Crippen LogP contribution in [0.1, 0.15) is 17.3 Å². The number of hydrogen-bond acceptors (Lipinski definition) is 6. The lowest BCUT2D eigenvalue weighted by Gasteiger charge is -2.00. The van der Waals surface area contributed by atoms with Crippen LogP contribution in [0.15, 0.2) is 46.1 Å². The Hall–Kier alpha value is -2.08. The number of benzene rings is 1. The molecule has 0 saturated heterocycles. The fourth-order valence-electron chi connectivity index (χ4n) is 1.24. The van der Waals surface area contributed by atoms with Gasteiger partial charge in [-0.1, -0.05) is 0 Å². The van der Waals surface area contributed by atoms with Crippen molar-refractivity contribution in [3.63, 3.8) is 0 Å². The van der Waals surface area contributed by atoms with Gasteiger partial charge in [0.1, 0.15) is 0 Å². The summed E-state index contributed by atoms with van der Waals surface area (Å²) < 4.78 is 4.89. The van der Waals surface area contributed by atoms with Gasteiger partial charge in [0, 0.05) is 11.6 Å². The Morgan fingerprint density at radius 1 is 1.33 bits per heavy atom. The first kappa shape index (κ1) is 12.4. The molecule has 92 valence electrons. The highest BCUT2D eigenvalue weighted by Crippen LogP contribution is 2.20. The number of esters is 1. The summed E-state index contributed by atoms with van der Waals surface area (Å²) in [6, 6.07) is 6.75. The molecule has 5 nitrogen and oxygen atoms in total. The zero-order chi connectivity index (χ0) is 12.8. The molecule has 2 rings (SSSR count). The first-order valence-corrected chi connectivity index (χ1v) is 6.26. The molecule has 0 atom stereocenters. The van der Waals surface area contributed by atoms with Crippen LogP contribution in [0.5, 0.6) is 0 Å². The molecular formula is C12H11N3O2S. The van der Waals surface area contributed by atoms with Gasteiger partial charge < -0.3 is 4.74 Å². The summed E-state index contributed by atoms with van der Waals surface area (Å²) in [6.07, 6.45) is 1.67. The fraction of sp³-hybridized carbons (Fsp3) is 0.167. The standard InChI is InChI=1S/C12H11N3O2S/c1-2-17-11(16)9-3-5-10(6-4-9)14-15-12-13-7-8-18-12/h3-8H,2H2,1H3. The zero-order valence-electron chi connectivity index (χ0n) is 9.74. The molecule has 0 aliphatic heterocycles. The van der Waals surface area contributed by atoms with E-state index in [2.05, 4.69) is 15.2 Å². The molecule has 2 aromatic rings. The number of rotatable bonds is 4. The molecule has 1 aromatic heterocycles. The van der Waals surface area contributed by atoms with E-state index in [1.165, 1.54) is 11.3 Å². The third-order valence-electron chi connectivity index (χ3n) is 2.05. The smallest absolute Gasteiger partial charge is 0.338 e. The van der Waals surface area contributed by atoms with Gasteiger partial charge in [-0.3, -0.25) is 0 Å². The normalized spacial score (nSPS) is 10.7. The predicted molar refractivity (Wildman–Crippen MR) is 68.7 cm³/mol. The topological polar surface area (TPSA) is 63.9 Å². The summed E-state index contributed by atoms with van der Waals surface area (Å²) in [4.78, 5) is 15.4. The minimum absolute atomic E-state index is 0.332. The van der Waals surface area contributed by atoms with E-state index in [4.69, 9.17) is 4.74 Å². The Morgan fingerprint density at radius 2 is 2.11 bits per heavy atom. The Labute approximate surface area is 108 Å². The van der Waals surface area contributed by atoms with Gasteiger partial charge in [-0.15, -0.1) is 21.6 Å². The molecule has 1 heterocycles. The van der Waals surface area contributed by atoms with Crippen molar-refractivity contribution in [2.75, 3.05) is 6.61 Å². The summed E-state index contributed by atoms with van der Waals surface area (Å²) in [5, 5.41) is 10.4. The van der Waals surface area contributed by atoms with Crippen molar-refractivity contribution in [1.82, 2.24) is 4.98 Å². The highest BCUT2D eigenvalue weighted by molar-refractivity contribution is 7.13. The number of aromatic nitrogens is 1. The van der Waals surface area contributed by atoms with E-state index in [-0.39, 0.29) is 5.97 Å². The maximum absolute atomic E-state index is 11.4. The Balaban J connectivity index is 2.06. The average molecular weight is 261 g/mol. The van der Waals surface area contributed by atoms with E-state index in [9.17, 15) is 4.79 Å². The lowest BCUT2D eigenvalue weighted by Crippen LogP contribution is -2.03. The number of carbonyl (C=O) groups excluding carboxylic acids is 1. The maximum Gasteiger partial charge on any atom is 0.338 e. The molecule has 18 heavy (non-hydrogen) atoms. The highest BCUT2D eigenvalue weighted by Gasteiger charge is 2.05. The predicted octanol–water partition coefficient (Wildman–Crippen LogP) is 3.74. The number of thiazole rings is 1. The second-order valence-electron chi connectivity index (χ2n) is 3.28. The molecule has 0 spiro atoms. The number of hydrogen-bond donors (Lipinski definition) is 0. The van der Waals surface area contributed by atoms with E-state index >= 15 is 0 Å². The first-order chi connectivity index (χ1) is 8.79. The molecule has 0 radical (unpaired) electrons. The molecular weight excluding hydrogens is 250 g/mol. The van der Waals surface area contributed by atoms with Crippen LogP contribution in [0.4, 0.5) is 10.8 Å². The van der Waals surface area contributed by atoms with Crippen molar-refractivity contribution >= 4 is 28.1 Å². The Kier molecular flexibility index (Phi) is 4.14. The summed E-state index contributed by atoms with van der Waals surface area (Å²) in [5.41, 5.74) is 1.17. The average Bonchev–Trinajstić information content (AvgIpc) is 2.90. The maximum atomic E-state index is 11.4. The van der Waals surface area contributed by atoms with E-state index in [1.54, 1.807) is 37.4 Å². The van der Waals surface area contributed by atoms with Gasteiger partial charge >= 0.3 is 5.97 Å². The third-order valence-corrected chi connectivity index (χ3v) is 2.70. The summed E-state index contributed by atoms with van der Waals surface area (Å²) in [6.45, 7) is 2.14. The van der Waals surface area contributed by atoms with E-state index < -0.39 is 0 Å². The molecule has 0 saturated carbocycles. The lowest BCUT2D eigenvalue weighted by molar-refractivity contribution is 0.0526. The van der Waals surface area contributed by atoms with Crippen LogP contribution in [0.3, 0.4) is 0 Å². The van der Waals surface area contributed by atoms with Crippen LogP contribution in [0, 0.1) is 0 Å². The molecule has 0 aliphatic carbocycles. The first-order valence-electron chi connectivity index (χ1n) is 5.38. The van der Waals surface area contributed by atoms with Crippen LogP contribution >= 0.6 is 11.3 Å². The number of nitrogens with zero attached hydrogens (tertiary/aromatic N) is 3. The third kappa shape index (κ3) is 3.21. The van der Waals surface area contributed by atoms with Gasteiger partial charge in [0.25, 0.3) is 0 Å². The van der Waals surface area contributed by atoms with E-state index in [0.717, 1.165) is 0 Å². The van der Waals surface area contributed by atoms with E-state index in [1.807, 2.05) is 5.38 Å². The Bertz CT molecular complexity index is 535. The van der Waals surface area contributed by atoms with E-state index in [0.29, 0.717) is 23.0 Å². The highest BCUT2D eigenvalue weighted by atomic mass is 32.1. The van der Waals surface area contributed by atoms with Crippen molar-refractivity contribution in [3.8, 4) is 0 Å². The van der Waals surface area contributed by atoms with Crippen LogP contribution < -0.4 is 0 Å². The van der Waals surface area contributed by atoms with Gasteiger partial charge in [0.15, 0.2) is 0 Å². The molecule has 1 aromatic carbocycles. The number of azo groups is 1. The van der Waals surface area contributed by atoms with Gasteiger partial charge in [0.2, 0.25) is 5.13 Å². The zero-order valence-corrected chi connectivity index (χ0v) is 10.6. The van der Waals surface area contributed by atoms with Crippen LogP contribution in [-0.4, -0.2) is 17.6 Å². The Morgan fingerprint density at radius 3 is 2.72 bits per heavy atom. The molecule has 6 heteroatoms. The molecule has 0 bridgehead atoms. The summed E-state index contributed by atoms with van der Waals surface area (Å²) in [5.74, 6) is -0.332. The second kappa shape index (κ2) is 6.02. The lowest BCUT2D eigenvalue weighted by atomic mass is 10.2. The van der Waals surface area contributed by atoms with Crippen LogP contribution in [0.25, 0.3) is 0 Å².